The zero-order valence-electron chi connectivity index (χ0n) is 12.1. The number of alkyl carbamates (subject to hydrolysis) is 1. The Morgan fingerprint density at radius 2 is 1.92 bits per heavy atom. The van der Waals surface area contributed by atoms with E-state index < -0.39 is 29.9 Å². The van der Waals surface area contributed by atoms with Crippen LogP contribution in [0.5, 0.6) is 0 Å². The van der Waals surface area contributed by atoms with Gasteiger partial charge in [-0.15, -0.1) is 0 Å². The van der Waals surface area contributed by atoms with Gasteiger partial charge in [-0.1, -0.05) is 11.6 Å². The van der Waals surface area contributed by atoms with Gasteiger partial charge in [0, 0.05) is 5.02 Å². The summed E-state index contributed by atoms with van der Waals surface area (Å²) < 4.78 is 44.7. The van der Waals surface area contributed by atoms with Gasteiger partial charge in [-0.05, 0) is 31.2 Å². The first-order valence-electron chi connectivity index (χ1n) is 6.56. The molecular weight excluding hydrogens is 355 g/mol. The molecule has 0 spiro atoms. The summed E-state index contributed by atoms with van der Waals surface area (Å²) in [5.74, 6) is -1.71. The van der Waals surface area contributed by atoms with E-state index in [9.17, 15) is 27.6 Å². The van der Waals surface area contributed by atoms with Gasteiger partial charge in [0.25, 0.3) is 11.6 Å². The number of carbonyl (C=O) groups excluding carboxylic acids is 3. The molecule has 2 rings (SSSR count). The minimum absolute atomic E-state index is 0.140. The van der Waals surface area contributed by atoms with Crippen LogP contribution in [0.15, 0.2) is 24.3 Å². The Labute approximate surface area is 138 Å². The van der Waals surface area contributed by atoms with Gasteiger partial charge in [-0.25, -0.2) is 14.5 Å². The van der Waals surface area contributed by atoms with Gasteiger partial charge in [0.1, 0.15) is 0 Å². The van der Waals surface area contributed by atoms with Gasteiger partial charge in [0.05, 0.1) is 12.3 Å². The van der Waals surface area contributed by atoms with Crippen LogP contribution < -0.4 is 15.5 Å². The third kappa shape index (κ3) is 2.96. The third-order valence-corrected chi connectivity index (χ3v) is 3.35. The Morgan fingerprint density at radius 3 is 2.42 bits per heavy atom. The summed E-state index contributed by atoms with van der Waals surface area (Å²) in [5, 5.41) is 3.13. The SMILES string of the molecule is CCOC(=O)N[C@@]1(C(F)(F)F)NC(=O)N(c2ccc(Cl)cc2)C1=O. The van der Waals surface area contributed by atoms with Gasteiger partial charge in [0.2, 0.25) is 0 Å². The lowest BCUT2D eigenvalue weighted by Crippen LogP contribution is -2.69. The summed E-state index contributed by atoms with van der Waals surface area (Å²) in [7, 11) is 0. The van der Waals surface area contributed by atoms with Crippen LogP contribution in [0.4, 0.5) is 28.4 Å². The molecule has 130 valence electrons. The van der Waals surface area contributed by atoms with Crippen molar-refractivity contribution in [3.8, 4) is 0 Å². The van der Waals surface area contributed by atoms with Gasteiger partial charge in [-0.3, -0.25) is 15.4 Å². The van der Waals surface area contributed by atoms with E-state index in [1.807, 2.05) is 0 Å². The zero-order chi connectivity index (χ0) is 18.1. The van der Waals surface area contributed by atoms with E-state index in [2.05, 4.69) is 4.74 Å². The smallest absolute Gasteiger partial charge is 0.440 e. The van der Waals surface area contributed by atoms with E-state index >= 15 is 0 Å². The highest BCUT2D eigenvalue weighted by molar-refractivity contribution is 6.31. The second-order valence-corrected chi connectivity index (χ2v) is 5.08. The highest BCUT2D eigenvalue weighted by Gasteiger charge is 2.69. The maximum Gasteiger partial charge on any atom is 0.440 e. The van der Waals surface area contributed by atoms with Gasteiger partial charge in [-0.2, -0.15) is 13.2 Å². The highest BCUT2D eigenvalue weighted by Crippen LogP contribution is 2.36. The Bertz CT molecular complexity index is 680. The van der Waals surface area contributed by atoms with Crippen LogP contribution in [-0.2, 0) is 9.53 Å². The molecule has 7 nitrogen and oxygen atoms in total. The predicted octanol–water partition coefficient (Wildman–Crippen LogP) is 2.40. The molecule has 4 amide bonds. The van der Waals surface area contributed by atoms with Crippen molar-refractivity contribution in [1.29, 1.82) is 0 Å². The number of alkyl halides is 3. The summed E-state index contributed by atoms with van der Waals surface area (Å²) >= 11 is 5.67. The molecule has 11 heteroatoms. The van der Waals surface area contributed by atoms with E-state index in [0.29, 0.717) is 0 Å². The largest absolute Gasteiger partial charge is 0.450 e. The molecule has 0 aromatic heterocycles. The summed E-state index contributed by atoms with van der Waals surface area (Å²) in [6, 6.07) is 3.62. The standard InChI is InChI=1S/C13H11ClF3N3O4/c1-2-24-11(23)19-12(13(15,16)17)9(21)20(10(22)18-12)8-5-3-7(14)4-6-8/h3-6H,2H2,1H3,(H,18,22)(H,19,23)/t12-/m0/s1. The lowest BCUT2D eigenvalue weighted by molar-refractivity contribution is -0.197. The van der Waals surface area contributed by atoms with E-state index in [1.165, 1.54) is 41.8 Å². The minimum atomic E-state index is -5.30. The third-order valence-electron chi connectivity index (χ3n) is 3.10. The molecular formula is C13H11ClF3N3O4. The van der Waals surface area contributed by atoms with Crippen LogP contribution in [0, 0.1) is 0 Å². The Balaban J connectivity index is 2.43. The Hall–Kier alpha value is -2.49. The highest BCUT2D eigenvalue weighted by atomic mass is 35.5. The first kappa shape index (κ1) is 17.9. The first-order valence-corrected chi connectivity index (χ1v) is 6.94. The van der Waals surface area contributed by atoms with E-state index in [-0.39, 0.29) is 22.2 Å². The van der Waals surface area contributed by atoms with Crippen molar-refractivity contribution < 1.29 is 32.3 Å². The summed E-state index contributed by atoms with van der Waals surface area (Å²) in [5.41, 5.74) is -3.76. The number of hydrogen-bond donors (Lipinski definition) is 2. The number of carbonyl (C=O) groups is 3. The summed E-state index contributed by atoms with van der Waals surface area (Å²) in [6.07, 6.45) is -6.80. The van der Waals surface area contributed by atoms with Gasteiger partial charge in [0.15, 0.2) is 0 Å². The van der Waals surface area contributed by atoms with Crippen molar-refractivity contribution in [2.75, 3.05) is 11.5 Å². The van der Waals surface area contributed by atoms with Crippen molar-refractivity contribution >= 4 is 35.3 Å². The number of hydrogen-bond acceptors (Lipinski definition) is 4. The number of benzene rings is 1. The summed E-state index contributed by atoms with van der Waals surface area (Å²) in [4.78, 5) is 35.9. The lowest BCUT2D eigenvalue weighted by atomic mass is 10.1. The number of urea groups is 1. The number of nitrogens with one attached hydrogen (secondary N) is 2. The minimum Gasteiger partial charge on any atom is -0.450 e. The van der Waals surface area contributed by atoms with Crippen molar-refractivity contribution in [3.05, 3.63) is 29.3 Å². The monoisotopic (exact) mass is 365 g/mol. The molecule has 0 unspecified atom stereocenters. The number of ether oxygens (including phenoxy) is 1. The molecule has 1 aromatic rings. The molecule has 1 saturated heterocycles. The van der Waals surface area contributed by atoms with Crippen LogP contribution in [-0.4, -0.2) is 36.5 Å². The average molecular weight is 366 g/mol. The molecule has 1 fully saturated rings. The molecule has 1 aliphatic rings. The van der Waals surface area contributed by atoms with Crippen molar-refractivity contribution in [3.63, 3.8) is 0 Å². The van der Waals surface area contributed by atoms with Crippen molar-refractivity contribution in [2.24, 2.45) is 0 Å². The fraction of sp³-hybridized carbons (Fsp3) is 0.308. The quantitative estimate of drug-likeness (QED) is 0.805. The number of imide groups is 1. The van der Waals surface area contributed by atoms with Crippen LogP contribution in [0.3, 0.4) is 0 Å². The molecule has 1 aliphatic heterocycles. The number of rotatable bonds is 3. The fourth-order valence-corrected chi connectivity index (χ4v) is 2.15. The number of nitrogens with zero attached hydrogens (tertiary/aromatic N) is 1. The summed E-state index contributed by atoms with van der Waals surface area (Å²) in [6.45, 7) is 1.15. The zero-order valence-corrected chi connectivity index (χ0v) is 12.9. The first-order chi connectivity index (χ1) is 11.1. The predicted molar refractivity (Wildman–Crippen MR) is 76.4 cm³/mol. The van der Waals surface area contributed by atoms with Crippen LogP contribution in [0.2, 0.25) is 5.02 Å². The van der Waals surface area contributed by atoms with Gasteiger partial charge < -0.3 is 4.74 Å². The Morgan fingerprint density at radius 1 is 1.33 bits per heavy atom. The Kier molecular flexibility index (Phi) is 4.61. The van der Waals surface area contributed by atoms with E-state index in [4.69, 9.17) is 11.6 Å². The maximum atomic E-state index is 13.4. The van der Waals surface area contributed by atoms with Crippen molar-refractivity contribution in [2.45, 2.75) is 18.8 Å². The van der Waals surface area contributed by atoms with E-state index in [0.717, 1.165) is 0 Å². The average Bonchev–Trinajstić information content (AvgIpc) is 2.72. The molecule has 24 heavy (non-hydrogen) atoms. The molecule has 1 atom stereocenters. The van der Waals surface area contributed by atoms with Crippen LogP contribution >= 0.6 is 11.6 Å². The molecule has 1 aromatic carbocycles. The van der Waals surface area contributed by atoms with Crippen LogP contribution in [0.25, 0.3) is 0 Å². The normalized spacial score (nSPS) is 20.8. The second kappa shape index (κ2) is 6.19. The molecule has 0 aliphatic carbocycles. The molecule has 1 heterocycles. The topological polar surface area (TPSA) is 87.7 Å². The van der Waals surface area contributed by atoms with E-state index in [1.54, 1.807) is 0 Å². The number of amides is 4. The second-order valence-electron chi connectivity index (χ2n) is 4.64. The fourth-order valence-electron chi connectivity index (χ4n) is 2.02. The molecule has 0 bridgehead atoms. The number of halogens is 4. The van der Waals surface area contributed by atoms with Gasteiger partial charge >= 0.3 is 18.3 Å². The van der Waals surface area contributed by atoms with Crippen LogP contribution in [0.1, 0.15) is 6.92 Å². The molecule has 0 radical (unpaired) electrons. The number of anilines is 1. The molecule has 2 N–H and O–H groups in total. The lowest BCUT2D eigenvalue weighted by Gasteiger charge is -2.29. The maximum absolute atomic E-state index is 13.4. The molecule has 0 saturated carbocycles. The van der Waals surface area contributed by atoms with Crippen molar-refractivity contribution in [1.82, 2.24) is 10.6 Å².